The van der Waals surface area contributed by atoms with E-state index in [1.165, 1.54) is 16.4 Å². The molecule has 3 rings (SSSR count). The highest BCUT2D eigenvalue weighted by Crippen LogP contribution is 2.19. The maximum Gasteiger partial charge on any atom is 0.255 e. The standard InChI is InChI=1S/C17H17IN2O4S/c18-14-4-6-15(7-5-14)19-17(21)13-2-1-3-16(12-13)25(22,23)20-8-10-24-11-9-20/h1-7,12H,8-11H2,(H,19,21). The molecule has 1 heterocycles. The second kappa shape index (κ2) is 7.81. The average Bonchev–Trinajstić information content (AvgIpc) is 2.64. The topological polar surface area (TPSA) is 75.7 Å². The predicted molar refractivity (Wildman–Crippen MR) is 103 cm³/mol. The fourth-order valence-electron chi connectivity index (χ4n) is 2.47. The van der Waals surface area contributed by atoms with Gasteiger partial charge in [-0.25, -0.2) is 8.42 Å². The van der Waals surface area contributed by atoms with Gasteiger partial charge in [-0.3, -0.25) is 4.79 Å². The van der Waals surface area contributed by atoms with Crippen molar-refractivity contribution in [2.24, 2.45) is 0 Å². The summed E-state index contributed by atoms with van der Waals surface area (Å²) >= 11 is 2.18. The number of carbonyl (C=O) groups is 1. The highest BCUT2D eigenvalue weighted by atomic mass is 127. The number of benzene rings is 2. The van der Waals surface area contributed by atoms with Crippen molar-refractivity contribution >= 4 is 44.2 Å². The smallest absolute Gasteiger partial charge is 0.255 e. The molecule has 132 valence electrons. The van der Waals surface area contributed by atoms with Gasteiger partial charge in [-0.1, -0.05) is 6.07 Å². The third-order valence-corrected chi connectivity index (χ3v) is 6.42. The first-order chi connectivity index (χ1) is 12.0. The second-order valence-corrected chi connectivity index (χ2v) is 8.69. The van der Waals surface area contributed by atoms with Crippen LogP contribution in [0.2, 0.25) is 0 Å². The van der Waals surface area contributed by atoms with E-state index in [1.54, 1.807) is 24.3 Å². The van der Waals surface area contributed by atoms with Crippen molar-refractivity contribution in [3.63, 3.8) is 0 Å². The molecule has 1 amide bonds. The molecule has 0 bridgehead atoms. The molecule has 6 nitrogen and oxygen atoms in total. The van der Waals surface area contributed by atoms with Crippen LogP contribution in [-0.4, -0.2) is 44.9 Å². The number of hydrogen-bond donors (Lipinski definition) is 1. The van der Waals surface area contributed by atoms with Crippen LogP contribution >= 0.6 is 22.6 Å². The average molecular weight is 472 g/mol. The van der Waals surface area contributed by atoms with Crippen LogP contribution in [0, 0.1) is 3.57 Å². The molecule has 1 fully saturated rings. The lowest BCUT2D eigenvalue weighted by Gasteiger charge is -2.26. The van der Waals surface area contributed by atoms with Crippen molar-refractivity contribution in [2.45, 2.75) is 4.90 Å². The van der Waals surface area contributed by atoms with Gasteiger partial charge >= 0.3 is 0 Å². The van der Waals surface area contributed by atoms with E-state index >= 15 is 0 Å². The summed E-state index contributed by atoms with van der Waals surface area (Å²) in [5.74, 6) is -0.347. The number of nitrogens with one attached hydrogen (secondary N) is 1. The highest BCUT2D eigenvalue weighted by Gasteiger charge is 2.26. The monoisotopic (exact) mass is 472 g/mol. The van der Waals surface area contributed by atoms with E-state index in [2.05, 4.69) is 27.9 Å². The molecule has 0 aliphatic carbocycles. The Labute approximate surface area is 160 Å². The van der Waals surface area contributed by atoms with Crippen LogP contribution in [0.25, 0.3) is 0 Å². The van der Waals surface area contributed by atoms with E-state index in [0.29, 0.717) is 37.6 Å². The van der Waals surface area contributed by atoms with Crippen molar-refractivity contribution in [3.05, 3.63) is 57.7 Å². The number of anilines is 1. The van der Waals surface area contributed by atoms with Gasteiger partial charge in [-0.15, -0.1) is 0 Å². The Balaban J connectivity index is 1.80. The first-order valence-corrected chi connectivity index (χ1v) is 10.2. The lowest BCUT2D eigenvalue weighted by Crippen LogP contribution is -2.40. The summed E-state index contributed by atoms with van der Waals surface area (Å²) in [7, 11) is -3.62. The third-order valence-electron chi connectivity index (χ3n) is 3.81. The van der Waals surface area contributed by atoms with E-state index in [1.807, 2.05) is 12.1 Å². The molecule has 0 saturated carbocycles. The first-order valence-electron chi connectivity index (χ1n) is 7.72. The molecule has 1 saturated heterocycles. The predicted octanol–water partition coefficient (Wildman–Crippen LogP) is 2.56. The van der Waals surface area contributed by atoms with Gasteiger partial charge < -0.3 is 10.1 Å². The van der Waals surface area contributed by atoms with Crippen LogP contribution < -0.4 is 5.32 Å². The summed E-state index contributed by atoms with van der Waals surface area (Å²) in [6.07, 6.45) is 0. The second-order valence-electron chi connectivity index (χ2n) is 5.51. The van der Waals surface area contributed by atoms with E-state index in [-0.39, 0.29) is 10.8 Å². The van der Waals surface area contributed by atoms with Gasteiger partial charge in [0, 0.05) is 27.9 Å². The fourth-order valence-corrected chi connectivity index (χ4v) is 4.28. The minimum atomic E-state index is -3.62. The third kappa shape index (κ3) is 4.38. The molecular formula is C17H17IN2O4S. The van der Waals surface area contributed by atoms with E-state index in [4.69, 9.17) is 4.74 Å². The minimum absolute atomic E-state index is 0.115. The summed E-state index contributed by atoms with van der Waals surface area (Å²) in [6, 6.07) is 13.5. The van der Waals surface area contributed by atoms with Crippen LogP contribution in [-0.2, 0) is 14.8 Å². The van der Waals surface area contributed by atoms with Gasteiger partial charge in [0.1, 0.15) is 0 Å². The fraction of sp³-hybridized carbons (Fsp3) is 0.235. The summed E-state index contributed by atoms with van der Waals surface area (Å²) in [5.41, 5.74) is 0.958. The van der Waals surface area contributed by atoms with Crippen LogP contribution in [0.5, 0.6) is 0 Å². The van der Waals surface area contributed by atoms with Gasteiger partial charge in [0.15, 0.2) is 0 Å². The molecule has 2 aromatic rings. The molecule has 0 aromatic heterocycles. The Morgan fingerprint density at radius 2 is 1.76 bits per heavy atom. The van der Waals surface area contributed by atoms with Crippen LogP contribution in [0.15, 0.2) is 53.4 Å². The quantitative estimate of drug-likeness (QED) is 0.695. The first kappa shape index (κ1) is 18.3. The summed E-state index contributed by atoms with van der Waals surface area (Å²) < 4.78 is 33.0. The molecule has 1 aliphatic heterocycles. The number of morpholine rings is 1. The minimum Gasteiger partial charge on any atom is -0.379 e. The maximum atomic E-state index is 12.7. The molecule has 2 aromatic carbocycles. The normalized spacial score (nSPS) is 15.7. The Morgan fingerprint density at radius 3 is 2.44 bits per heavy atom. The molecule has 0 spiro atoms. The van der Waals surface area contributed by atoms with Crippen LogP contribution in [0.1, 0.15) is 10.4 Å². The molecule has 0 atom stereocenters. The molecular weight excluding hydrogens is 455 g/mol. The Hall–Kier alpha value is -1.49. The summed E-state index contributed by atoms with van der Waals surface area (Å²) in [4.78, 5) is 12.5. The number of halogens is 1. The summed E-state index contributed by atoms with van der Waals surface area (Å²) in [5, 5.41) is 2.77. The Kier molecular flexibility index (Phi) is 5.72. The van der Waals surface area contributed by atoms with Gasteiger partial charge in [0.25, 0.3) is 5.91 Å². The van der Waals surface area contributed by atoms with Crippen molar-refractivity contribution in [1.82, 2.24) is 4.31 Å². The van der Waals surface area contributed by atoms with E-state index in [9.17, 15) is 13.2 Å². The maximum absolute atomic E-state index is 12.7. The number of rotatable bonds is 4. The lowest BCUT2D eigenvalue weighted by atomic mass is 10.2. The van der Waals surface area contributed by atoms with Crippen LogP contribution in [0.3, 0.4) is 0 Å². The number of sulfonamides is 1. The van der Waals surface area contributed by atoms with Crippen molar-refractivity contribution in [1.29, 1.82) is 0 Å². The summed E-state index contributed by atoms with van der Waals surface area (Å²) in [6.45, 7) is 1.40. The van der Waals surface area contributed by atoms with E-state index in [0.717, 1.165) is 3.57 Å². The molecule has 25 heavy (non-hydrogen) atoms. The largest absolute Gasteiger partial charge is 0.379 e. The number of nitrogens with zero attached hydrogens (tertiary/aromatic N) is 1. The number of amides is 1. The zero-order chi connectivity index (χ0) is 17.9. The van der Waals surface area contributed by atoms with Gasteiger partial charge in [0.05, 0.1) is 18.1 Å². The van der Waals surface area contributed by atoms with Crippen molar-refractivity contribution < 1.29 is 17.9 Å². The molecule has 8 heteroatoms. The van der Waals surface area contributed by atoms with Gasteiger partial charge in [0.2, 0.25) is 10.0 Å². The molecule has 0 unspecified atom stereocenters. The lowest BCUT2D eigenvalue weighted by molar-refractivity contribution is 0.0730. The van der Waals surface area contributed by atoms with Crippen LogP contribution in [0.4, 0.5) is 5.69 Å². The number of carbonyl (C=O) groups excluding carboxylic acids is 1. The zero-order valence-electron chi connectivity index (χ0n) is 13.3. The van der Waals surface area contributed by atoms with Gasteiger partial charge in [-0.05, 0) is 65.1 Å². The van der Waals surface area contributed by atoms with E-state index < -0.39 is 10.0 Å². The zero-order valence-corrected chi connectivity index (χ0v) is 16.3. The Bertz CT molecular complexity index is 862. The molecule has 1 N–H and O–H groups in total. The molecule has 0 radical (unpaired) electrons. The SMILES string of the molecule is O=C(Nc1ccc(I)cc1)c1cccc(S(=O)(=O)N2CCOCC2)c1. The number of ether oxygens (including phenoxy) is 1. The van der Waals surface area contributed by atoms with Crippen molar-refractivity contribution in [2.75, 3.05) is 31.6 Å². The van der Waals surface area contributed by atoms with Gasteiger partial charge in [-0.2, -0.15) is 4.31 Å². The molecule has 1 aliphatic rings. The van der Waals surface area contributed by atoms with Crippen molar-refractivity contribution in [3.8, 4) is 0 Å². The number of hydrogen-bond acceptors (Lipinski definition) is 4. The Morgan fingerprint density at radius 1 is 1.08 bits per heavy atom. The highest BCUT2D eigenvalue weighted by molar-refractivity contribution is 14.1.